The molecule has 112 valence electrons. The number of nitrogens with zero attached hydrogens (tertiary/aromatic N) is 1. The lowest BCUT2D eigenvalue weighted by Crippen LogP contribution is -2.50. The molecule has 2 saturated heterocycles. The van der Waals surface area contributed by atoms with Gasteiger partial charge in [0.05, 0.1) is 22.9 Å². The zero-order chi connectivity index (χ0) is 14.3. The lowest BCUT2D eigenvalue weighted by molar-refractivity contribution is 0.284. The van der Waals surface area contributed by atoms with Crippen LogP contribution < -0.4 is 4.72 Å². The van der Waals surface area contributed by atoms with E-state index in [0.717, 1.165) is 12.8 Å². The molecule has 2 heterocycles. The summed E-state index contributed by atoms with van der Waals surface area (Å²) in [6.45, 7) is 3.04. The predicted octanol–water partition coefficient (Wildman–Crippen LogP) is -0.0429. The van der Waals surface area contributed by atoms with Crippen molar-refractivity contribution >= 4 is 31.6 Å². The maximum absolute atomic E-state index is 12.2. The van der Waals surface area contributed by atoms with E-state index >= 15 is 0 Å². The second kappa shape index (κ2) is 5.48. The normalized spacial score (nSPS) is 33.6. The highest BCUT2D eigenvalue weighted by molar-refractivity contribution is 7.92. The third-order valence-corrected chi connectivity index (χ3v) is 7.69. The van der Waals surface area contributed by atoms with Gasteiger partial charge in [0.1, 0.15) is 0 Å². The lowest BCUT2D eigenvalue weighted by Gasteiger charge is -2.30. The van der Waals surface area contributed by atoms with E-state index in [0.29, 0.717) is 19.0 Å². The molecule has 0 saturated carbocycles. The third-order valence-electron chi connectivity index (χ3n) is 3.67. The Morgan fingerprint density at radius 1 is 1.21 bits per heavy atom. The summed E-state index contributed by atoms with van der Waals surface area (Å²) in [6, 6.07) is -0.726. The summed E-state index contributed by atoms with van der Waals surface area (Å²) in [7, 11) is -6.87. The van der Waals surface area contributed by atoms with Crippen molar-refractivity contribution < 1.29 is 16.8 Å². The molecule has 2 aliphatic rings. The summed E-state index contributed by atoms with van der Waals surface area (Å²) < 4.78 is 51.0. The summed E-state index contributed by atoms with van der Waals surface area (Å²) >= 11 is 5.91. The number of rotatable bonds is 3. The molecular formula is C10H19ClN2O4S2. The molecule has 0 radical (unpaired) electrons. The Balaban J connectivity index is 2.02. The zero-order valence-corrected chi connectivity index (χ0v) is 13.1. The van der Waals surface area contributed by atoms with Gasteiger partial charge in [-0.1, -0.05) is 6.92 Å². The predicted molar refractivity (Wildman–Crippen MR) is 74.1 cm³/mol. The van der Waals surface area contributed by atoms with Crippen LogP contribution in [0.5, 0.6) is 0 Å². The Morgan fingerprint density at radius 2 is 1.79 bits per heavy atom. The van der Waals surface area contributed by atoms with E-state index in [2.05, 4.69) is 11.6 Å². The van der Waals surface area contributed by atoms with Gasteiger partial charge in [0.15, 0.2) is 9.84 Å². The average Bonchev–Trinajstić information content (AvgIpc) is 2.51. The number of hydrogen-bond donors (Lipinski definition) is 1. The monoisotopic (exact) mass is 330 g/mol. The van der Waals surface area contributed by atoms with Gasteiger partial charge in [0, 0.05) is 13.1 Å². The van der Waals surface area contributed by atoms with E-state index < -0.39 is 31.5 Å². The molecule has 0 aliphatic carbocycles. The standard InChI is InChI=1S/C10H19ClN2O4S2/c1-8-2-4-13(5-3-8)19(16,17)12-10-7-18(14,15)6-9(10)11/h8-10,12H,2-7H2,1H3. The van der Waals surface area contributed by atoms with Crippen molar-refractivity contribution in [1.82, 2.24) is 9.03 Å². The van der Waals surface area contributed by atoms with Crippen molar-refractivity contribution in [3.8, 4) is 0 Å². The van der Waals surface area contributed by atoms with Crippen molar-refractivity contribution in [2.24, 2.45) is 5.92 Å². The Kier molecular flexibility index (Phi) is 4.47. The van der Waals surface area contributed by atoms with Crippen LogP contribution in [0, 0.1) is 5.92 Å². The first kappa shape index (κ1) is 15.5. The smallest absolute Gasteiger partial charge is 0.229 e. The Labute approximate surface area is 119 Å². The van der Waals surface area contributed by atoms with E-state index in [4.69, 9.17) is 11.6 Å². The number of nitrogens with one attached hydrogen (secondary N) is 1. The van der Waals surface area contributed by atoms with E-state index in [9.17, 15) is 16.8 Å². The van der Waals surface area contributed by atoms with Crippen LogP contribution in [0.1, 0.15) is 19.8 Å². The fraction of sp³-hybridized carbons (Fsp3) is 1.00. The average molecular weight is 331 g/mol. The highest BCUT2D eigenvalue weighted by Gasteiger charge is 2.40. The van der Waals surface area contributed by atoms with Crippen molar-refractivity contribution in [1.29, 1.82) is 0 Å². The van der Waals surface area contributed by atoms with Crippen molar-refractivity contribution in [3.05, 3.63) is 0 Å². The van der Waals surface area contributed by atoms with Crippen LogP contribution >= 0.6 is 11.6 Å². The fourth-order valence-electron chi connectivity index (χ4n) is 2.40. The Bertz CT molecular complexity index is 526. The molecule has 2 fully saturated rings. The molecule has 0 bridgehead atoms. The molecule has 2 unspecified atom stereocenters. The minimum absolute atomic E-state index is 0.168. The fourth-order valence-corrected chi connectivity index (χ4v) is 6.60. The Morgan fingerprint density at radius 3 is 2.26 bits per heavy atom. The van der Waals surface area contributed by atoms with E-state index in [-0.39, 0.29) is 11.5 Å². The summed E-state index contributed by atoms with van der Waals surface area (Å²) in [6.07, 6.45) is 1.66. The maximum Gasteiger partial charge on any atom is 0.279 e. The molecule has 0 aromatic rings. The first-order chi connectivity index (χ1) is 8.70. The minimum atomic E-state index is -3.64. The molecule has 0 aromatic carbocycles. The van der Waals surface area contributed by atoms with Crippen LogP contribution in [-0.2, 0) is 20.0 Å². The number of sulfone groups is 1. The van der Waals surface area contributed by atoms with Crippen LogP contribution in [0.25, 0.3) is 0 Å². The van der Waals surface area contributed by atoms with Gasteiger partial charge in [-0.2, -0.15) is 17.4 Å². The largest absolute Gasteiger partial charge is 0.279 e. The number of halogens is 1. The van der Waals surface area contributed by atoms with Crippen LogP contribution in [0.3, 0.4) is 0 Å². The molecule has 2 rings (SSSR count). The molecule has 19 heavy (non-hydrogen) atoms. The molecular weight excluding hydrogens is 312 g/mol. The van der Waals surface area contributed by atoms with Gasteiger partial charge in [-0.25, -0.2) is 8.42 Å². The molecule has 0 spiro atoms. The molecule has 2 aliphatic heterocycles. The number of alkyl halides is 1. The highest BCUT2D eigenvalue weighted by atomic mass is 35.5. The molecule has 6 nitrogen and oxygen atoms in total. The van der Waals surface area contributed by atoms with Gasteiger partial charge >= 0.3 is 0 Å². The molecule has 0 amide bonds. The summed E-state index contributed by atoms with van der Waals surface area (Å²) in [5.74, 6) is 0.141. The van der Waals surface area contributed by atoms with Gasteiger partial charge in [-0.05, 0) is 18.8 Å². The van der Waals surface area contributed by atoms with Crippen LogP contribution in [0.2, 0.25) is 0 Å². The first-order valence-corrected chi connectivity index (χ1v) is 10.0. The SMILES string of the molecule is CC1CCN(S(=O)(=O)NC2CS(=O)(=O)CC2Cl)CC1. The van der Waals surface area contributed by atoms with E-state index in [1.54, 1.807) is 0 Å². The third kappa shape index (κ3) is 3.81. The zero-order valence-electron chi connectivity index (χ0n) is 10.7. The van der Waals surface area contributed by atoms with Crippen LogP contribution in [-0.4, -0.2) is 57.2 Å². The quantitative estimate of drug-likeness (QED) is 0.736. The maximum atomic E-state index is 12.2. The first-order valence-electron chi connectivity index (χ1n) is 6.31. The molecule has 2 atom stereocenters. The molecule has 0 aromatic heterocycles. The molecule has 1 N–H and O–H groups in total. The van der Waals surface area contributed by atoms with Crippen molar-refractivity contribution in [2.45, 2.75) is 31.2 Å². The second-order valence-corrected chi connectivity index (χ2v) is 9.82. The lowest BCUT2D eigenvalue weighted by atomic mass is 10.0. The topological polar surface area (TPSA) is 83.6 Å². The summed E-state index contributed by atoms with van der Waals surface area (Å²) in [4.78, 5) is 0. The van der Waals surface area contributed by atoms with Crippen molar-refractivity contribution in [2.75, 3.05) is 24.6 Å². The van der Waals surface area contributed by atoms with Crippen LogP contribution in [0.15, 0.2) is 0 Å². The molecule has 9 heteroatoms. The summed E-state index contributed by atoms with van der Waals surface area (Å²) in [5.41, 5.74) is 0. The number of piperidine rings is 1. The van der Waals surface area contributed by atoms with Gasteiger partial charge in [0.2, 0.25) is 0 Å². The van der Waals surface area contributed by atoms with Gasteiger partial charge in [-0.15, -0.1) is 11.6 Å². The van der Waals surface area contributed by atoms with Crippen molar-refractivity contribution in [3.63, 3.8) is 0 Å². The second-order valence-electron chi connectivity index (χ2n) is 5.40. The van der Waals surface area contributed by atoms with Crippen LogP contribution in [0.4, 0.5) is 0 Å². The highest BCUT2D eigenvalue weighted by Crippen LogP contribution is 2.22. The van der Waals surface area contributed by atoms with E-state index in [1.165, 1.54) is 4.31 Å². The van der Waals surface area contributed by atoms with Gasteiger partial charge in [0.25, 0.3) is 10.2 Å². The summed E-state index contributed by atoms with van der Waals surface area (Å²) in [5, 5.41) is -0.691. The van der Waals surface area contributed by atoms with Gasteiger partial charge < -0.3 is 0 Å². The van der Waals surface area contributed by atoms with E-state index in [1.807, 2.05) is 0 Å². The number of hydrogen-bond acceptors (Lipinski definition) is 4. The Hall–Kier alpha value is 0.110. The van der Waals surface area contributed by atoms with Gasteiger partial charge in [-0.3, -0.25) is 0 Å². The minimum Gasteiger partial charge on any atom is -0.229 e.